The maximum Gasteiger partial charge on any atom is 0.306 e. The van der Waals surface area contributed by atoms with Gasteiger partial charge >= 0.3 is 5.97 Å². The number of hydrogen-bond donors (Lipinski definition) is 1. The van der Waals surface area contributed by atoms with Crippen LogP contribution in [0.2, 0.25) is 0 Å². The number of ether oxygens (including phenoxy) is 1. The van der Waals surface area contributed by atoms with Gasteiger partial charge in [0.15, 0.2) is 0 Å². The fourth-order valence-corrected chi connectivity index (χ4v) is 6.69. The van der Waals surface area contributed by atoms with Crippen molar-refractivity contribution in [3.8, 4) is 0 Å². The van der Waals surface area contributed by atoms with Crippen LogP contribution < -0.4 is 0 Å². The molecular formula is C37H74O3S. The van der Waals surface area contributed by atoms with E-state index in [2.05, 4.69) is 20.8 Å². The lowest BCUT2D eigenvalue weighted by atomic mass is 10.0. The molecule has 0 saturated carbocycles. The van der Waals surface area contributed by atoms with Gasteiger partial charge in [0.25, 0.3) is 0 Å². The molecule has 0 aromatic heterocycles. The van der Waals surface area contributed by atoms with Crippen molar-refractivity contribution >= 4 is 17.7 Å². The number of carbonyl (C=O) groups excluding carboxylic acids is 1. The van der Waals surface area contributed by atoms with Crippen molar-refractivity contribution in [1.29, 1.82) is 0 Å². The Morgan fingerprint density at radius 1 is 0.561 bits per heavy atom. The molecule has 0 rings (SSSR count). The molecule has 2 atom stereocenters. The van der Waals surface area contributed by atoms with Crippen molar-refractivity contribution in [2.45, 2.75) is 218 Å². The minimum atomic E-state index is -0.353. The van der Waals surface area contributed by atoms with E-state index in [1.807, 2.05) is 11.8 Å². The van der Waals surface area contributed by atoms with Gasteiger partial charge in [0.05, 0.1) is 6.61 Å². The van der Waals surface area contributed by atoms with Gasteiger partial charge in [0.1, 0.15) is 6.10 Å². The van der Waals surface area contributed by atoms with Crippen molar-refractivity contribution in [1.82, 2.24) is 0 Å². The zero-order valence-electron chi connectivity index (χ0n) is 28.2. The molecule has 246 valence electrons. The van der Waals surface area contributed by atoms with Gasteiger partial charge in [-0.05, 0) is 12.8 Å². The molecule has 0 fully saturated rings. The lowest BCUT2D eigenvalue weighted by molar-refractivity contribution is -0.149. The molecule has 0 radical (unpaired) electrons. The molecule has 0 spiro atoms. The van der Waals surface area contributed by atoms with Crippen LogP contribution in [0.3, 0.4) is 0 Å². The molecule has 0 heterocycles. The Morgan fingerprint density at radius 2 is 0.902 bits per heavy atom. The zero-order chi connectivity index (χ0) is 30.1. The van der Waals surface area contributed by atoms with E-state index in [0.29, 0.717) is 17.4 Å². The van der Waals surface area contributed by atoms with Crippen molar-refractivity contribution in [3.63, 3.8) is 0 Å². The SMILES string of the molecule is CCCCCCCCCCCCCCCCC(C)SCC(CO)OC(=O)CCCCCCCCCCCCCCC. The standard InChI is InChI=1S/C37H74O3S/c1-4-6-8-10-12-14-16-18-20-21-23-25-27-29-31-35(3)41-34-36(33-38)40-37(39)32-30-28-26-24-22-19-17-15-13-11-9-7-5-2/h35-36,38H,4-34H2,1-3H3. The van der Waals surface area contributed by atoms with Crippen LogP contribution in [0.15, 0.2) is 0 Å². The van der Waals surface area contributed by atoms with Crippen LogP contribution in [0.25, 0.3) is 0 Å². The molecule has 41 heavy (non-hydrogen) atoms. The van der Waals surface area contributed by atoms with Crippen LogP contribution in [0.5, 0.6) is 0 Å². The van der Waals surface area contributed by atoms with Crippen LogP contribution in [0, 0.1) is 0 Å². The number of thioether (sulfide) groups is 1. The van der Waals surface area contributed by atoms with E-state index in [9.17, 15) is 9.90 Å². The molecule has 0 aliphatic rings. The number of unbranched alkanes of at least 4 members (excludes halogenated alkanes) is 25. The van der Waals surface area contributed by atoms with Gasteiger partial charge in [-0.3, -0.25) is 4.79 Å². The second-order valence-corrected chi connectivity index (χ2v) is 14.3. The number of hydrogen-bond acceptors (Lipinski definition) is 4. The van der Waals surface area contributed by atoms with Crippen LogP contribution in [0.1, 0.15) is 207 Å². The highest BCUT2D eigenvalue weighted by Gasteiger charge is 2.15. The fraction of sp³-hybridized carbons (Fsp3) is 0.973. The van der Waals surface area contributed by atoms with E-state index >= 15 is 0 Å². The first kappa shape index (κ1) is 40.8. The summed E-state index contributed by atoms with van der Waals surface area (Å²) in [4.78, 5) is 12.2. The van der Waals surface area contributed by atoms with Gasteiger partial charge in [0, 0.05) is 17.4 Å². The van der Waals surface area contributed by atoms with Crippen LogP contribution in [-0.2, 0) is 9.53 Å². The second-order valence-electron chi connectivity index (χ2n) is 12.8. The van der Waals surface area contributed by atoms with E-state index in [-0.39, 0.29) is 18.7 Å². The quantitative estimate of drug-likeness (QED) is 0.0591. The number of esters is 1. The lowest BCUT2D eigenvalue weighted by Gasteiger charge is -2.18. The topological polar surface area (TPSA) is 46.5 Å². The zero-order valence-corrected chi connectivity index (χ0v) is 29.1. The molecule has 0 saturated heterocycles. The van der Waals surface area contributed by atoms with Gasteiger partial charge in [0.2, 0.25) is 0 Å². The molecule has 4 heteroatoms. The first-order chi connectivity index (χ1) is 20.1. The Labute approximate surface area is 262 Å². The molecule has 0 aromatic carbocycles. The molecular weight excluding hydrogens is 524 g/mol. The van der Waals surface area contributed by atoms with Gasteiger partial charge in [-0.15, -0.1) is 0 Å². The molecule has 0 aromatic rings. The summed E-state index contributed by atoms with van der Waals surface area (Å²) in [5, 5.41) is 10.2. The third-order valence-electron chi connectivity index (χ3n) is 8.52. The fourth-order valence-electron chi connectivity index (χ4n) is 5.64. The summed E-state index contributed by atoms with van der Waals surface area (Å²) in [5.41, 5.74) is 0. The normalized spacial score (nSPS) is 13.0. The van der Waals surface area contributed by atoms with Gasteiger partial charge in [-0.25, -0.2) is 0 Å². The van der Waals surface area contributed by atoms with E-state index in [0.717, 1.165) is 12.8 Å². The van der Waals surface area contributed by atoms with E-state index in [4.69, 9.17) is 4.74 Å². The number of rotatable bonds is 34. The largest absolute Gasteiger partial charge is 0.459 e. The highest BCUT2D eigenvalue weighted by Crippen LogP contribution is 2.21. The minimum absolute atomic E-state index is 0.0665. The third-order valence-corrected chi connectivity index (χ3v) is 9.89. The summed E-state index contributed by atoms with van der Waals surface area (Å²) in [7, 11) is 0. The predicted octanol–water partition coefficient (Wildman–Crippen LogP) is 12.4. The van der Waals surface area contributed by atoms with Crippen LogP contribution >= 0.6 is 11.8 Å². The molecule has 0 bridgehead atoms. The number of aliphatic hydroxyl groups is 1. The maximum atomic E-state index is 12.2. The third kappa shape index (κ3) is 32.5. The Bertz CT molecular complexity index is 512. The Hall–Kier alpha value is -0.220. The first-order valence-electron chi connectivity index (χ1n) is 18.6. The Balaban J connectivity index is 3.51. The van der Waals surface area contributed by atoms with Crippen molar-refractivity contribution in [3.05, 3.63) is 0 Å². The van der Waals surface area contributed by atoms with Crippen LogP contribution in [0.4, 0.5) is 0 Å². The average Bonchev–Trinajstić information content (AvgIpc) is 2.97. The molecule has 1 N–H and O–H groups in total. The lowest BCUT2D eigenvalue weighted by Crippen LogP contribution is -2.25. The van der Waals surface area contributed by atoms with Crippen molar-refractivity contribution < 1.29 is 14.6 Å². The monoisotopic (exact) mass is 599 g/mol. The second kappa shape index (κ2) is 34.3. The van der Waals surface area contributed by atoms with Crippen LogP contribution in [-0.4, -0.2) is 34.8 Å². The number of aliphatic hydroxyl groups excluding tert-OH is 1. The van der Waals surface area contributed by atoms with Gasteiger partial charge in [-0.1, -0.05) is 188 Å². The summed E-state index contributed by atoms with van der Waals surface area (Å²) in [6.45, 7) is 6.77. The molecule has 0 amide bonds. The average molecular weight is 599 g/mol. The molecule has 2 unspecified atom stereocenters. The summed E-state index contributed by atoms with van der Waals surface area (Å²) in [5.74, 6) is 0.577. The predicted molar refractivity (Wildman–Crippen MR) is 184 cm³/mol. The molecule has 0 aliphatic heterocycles. The summed E-state index contributed by atoms with van der Waals surface area (Å²) in [6, 6.07) is 0. The smallest absolute Gasteiger partial charge is 0.306 e. The van der Waals surface area contributed by atoms with Crippen molar-refractivity contribution in [2.75, 3.05) is 12.4 Å². The highest BCUT2D eigenvalue weighted by atomic mass is 32.2. The Morgan fingerprint density at radius 3 is 1.27 bits per heavy atom. The van der Waals surface area contributed by atoms with E-state index in [1.165, 1.54) is 167 Å². The molecule has 0 aliphatic carbocycles. The Kier molecular flexibility index (Phi) is 34.1. The van der Waals surface area contributed by atoms with Crippen molar-refractivity contribution in [2.24, 2.45) is 0 Å². The summed E-state index contributed by atoms with van der Waals surface area (Å²) >= 11 is 1.85. The van der Waals surface area contributed by atoms with Gasteiger partial charge < -0.3 is 9.84 Å². The van der Waals surface area contributed by atoms with Gasteiger partial charge in [-0.2, -0.15) is 11.8 Å². The maximum absolute atomic E-state index is 12.2. The summed E-state index contributed by atoms with van der Waals surface area (Å²) in [6.07, 6.45) is 37.9. The minimum Gasteiger partial charge on any atom is -0.459 e. The van der Waals surface area contributed by atoms with E-state index in [1.54, 1.807) is 0 Å². The molecule has 3 nitrogen and oxygen atoms in total. The first-order valence-corrected chi connectivity index (χ1v) is 19.6. The highest BCUT2D eigenvalue weighted by molar-refractivity contribution is 7.99. The summed E-state index contributed by atoms with van der Waals surface area (Å²) < 4.78 is 5.57. The number of carbonyl (C=O) groups is 1. The van der Waals surface area contributed by atoms with E-state index < -0.39 is 0 Å².